The van der Waals surface area contributed by atoms with E-state index in [2.05, 4.69) is 5.32 Å². The van der Waals surface area contributed by atoms with Crippen molar-refractivity contribution in [3.8, 4) is 11.5 Å². The predicted octanol–water partition coefficient (Wildman–Crippen LogP) is 4.09. The van der Waals surface area contributed by atoms with Crippen molar-refractivity contribution in [1.82, 2.24) is 0 Å². The van der Waals surface area contributed by atoms with Gasteiger partial charge in [0.1, 0.15) is 0 Å². The number of ether oxygens (including phenoxy) is 2. The van der Waals surface area contributed by atoms with E-state index >= 15 is 0 Å². The van der Waals surface area contributed by atoms with Gasteiger partial charge in [-0.05, 0) is 50.2 Å². The minimum atomic E-state index is -1.03. The zero-order valence-electron chi connectivity index (χ0n) is 14.0. The fourth-order valence-corrected chi connectivity index (χ4v) is 2.36. The van der Waals surface area contributed by atoms with Crippen LogP contribution in [0.1, 0.15) is 34.6 Å². The van der Waals surface area contributed by atoms with Crippen LogP contribution < -0.4 is 14.8 Å². The van der Waals surface area contributed by atoms with Crippen LogP contribution in [0.15, 0.2) is 36.4 Å². The van der Waals surface area contributed by atoms with Crippen molar-refractivity contribution in [2.24, 2.45) is 0 Å². The van der Waals surface area contributed by atoms with Gasteiger partial charge in [0.2, 0.25) is 0 Å². The number of halogens is 1. The molecule has 2 aromatic rings. The van der Waals surface area contributed by atoms with Crippen molar-refractivity contribution < 1.29 is 24.2 Å². The van der Waals surface area contributed by atoms with E-state index in [-0.39, 0.29) is 16.7 Å². The fourth-order valence-electron chi connectivity index (χ4n) is 2.10. The fraction of sp³-hybridized carbons (Fsp3) is 0.222. The van der Waals surface area contributed by atoms with Gasteiger partial charge in [-0.3, -0.25) is 4.79 Å². The van der Waals surface area contributed by atoms with Gasteiger partial charge in [0, 0.05) is 11.3 Å². The summed E-state index contributed by atoms with van der Waals surface area (Å²) in [5, 5.41) is 11.8. The van der Waals surface area contributed by atoms with E-state index in [9.17, 15) is 9.59 Å². The molecule has 0 saturated carbocycles. The molecule has 0 atom stereocenters. The first-order valence-electron chi connectivity index (χ1n) is 7.50. The van der Waals surface area contributed by atoms with E-state index < -0.39 is 11.9 Å². The molecule has 7 heteroatoms. The molecule has 0 aromatic heterocycles. The smallest absolute Gasteiger partial charge is 0.335 e. The Bertz CT molecular complexity index is 787. The molecule has 6 nitrogen and oxygen atoms in total. The number of anilines is 1. The van der Waals surface area contributed by atoms with Crippen molar-refractivity contribution in [3.05, 3.63) is 52.5 Å². The third kappa shape index (κ3) is 4.64. The summed E-state index contributed by atoms with van der Waals surface area (Å²) in [6.45, 7) is 3.72. The van der Waals surface area contributed by atoms with Crippen molar-refractivity contribution in [3.63, 3.8) is 0 Å². The summed E-state index contributed by atoms with van der Waals surface area (Å²) >= 11 is 6.21. The number of hydrogen-bond donors (Lipinski definition) is 2. The van der Waals surface area contributed by atoms with Crippen LogP contribution in [0.3, 0.4) is 0 Å². The second-order valence-electron chi connectivity index (χ2n) is 5.49. The summed E-state index contributed by atoms with van der Waals surface area (Å²) in [5.74, 6) is -0.705. The number of aromatic carboxylic acids is 1. The average Bonchev–Trinajstić information content (AvgIpc) is 2.56. The maximum atomic E-state index is 12.4. The molecule has 132 valence electrons. The number of benzene rings is 2. The summed E-state index contributed by atoms with van der Waals surface area (Å²) in [5.41, 5.74) is 0.894. The lowest BCUT2D eigenvalue weighted by molar-refractivity contribution is 0.0696. The van der Waals surface area contributed by atoms with Crippen LogP contribution in [0.2, 0.25) is 5.02 Å². The molecular weight excluding hydrogens is 346 g/mol. The van der Waals surface area contributed by atoms with Gasteiger partial charge in [0.25, 0.3) is 5.91 Å². The van der Waals surface area contributed by atoms with Crippen LogP contribution in [0, 0.1) is 0 Å². The van der Waals surface area contributed by atoms with E-state index in [1.54, 1.807) is 0 Å². The molecule has 25 heavy (non-hydrogen) atoms. The lowest BCUT2D eigenvalue weighted by Gasteiger charge is -2.16. The first-order chi connectivity index (χ1) is 11.8. The Hall–Kier alpha value is -2.73. The molecule has 0 heterocycles. The molecule has 0 saturated heterocycles. The van der Waals surface area contributed by atoms with E-state index in [0.29, 0.717) is 22.7 Å². The van der Waals surface area contributed by atoms with E-state index in [4.69, 9.17) is 26.2 Å². The van der Waals surface area contributed by atoms with Crippen LogP contribution in [-0.2, 0) is 0 Å². The third-order valence-electron chi connectivity index (χ3n) is 3.23. The van der Waals surface area contributed by atoms with Crippen LogP contribution in [0.4, 0.5) is 5.69 Å². The Morgan fingerprint density at radius 3 is 2.28 bits per heavy atom. The van der Waals surface area contributed by atoms with Crippen molar-refractivity contribution in [1.29, 1.82) is 0 Å². The zero-order chi connectivity index (χ0) is 18.6. The predicted molar refractivity (Wildman–Crippen MR) is 95.1 cm³/mol. The van der Waals surface area contributed by atoms with Gasteiger partial charge < -0.3 is 19.9 Å². The largest absolute Gasteiger partial charge is 0.493 e. The molecule has 0 aliphatic rings. The number of nitrogens with one attached hydrogen (secondary N) is 1. The lowest BCUT2D eigenvalue weighted by atomic mass is 10.1. The molecule has 0 bridgehead atoms. The number of methoxy groups -OCH3 is 1. The first-order valence-corrected chi connectivity index (χ1v) is 7.88. The van der Waals surface area contributed by atoms with Crippen molar-refractivity contribution in [2.75, 3.05) is 12.4 Å². The number of carboxylic acids is 1. The maximum absolute atomic E-state index is 12.4. The number of hydrogen-bond acceptors (Lipinski definition) is 4. The number of carbonyl (C=O) groups excluding carboxylic acids is 1. The summed E-state index contributed by atoms with van der Waals surface area (Å²) < 4.78 is 10.9. The summed E-state index contributed by atoms with van der Waals surface area (Å²) in [6.07, 6.45) is -0.0983. The molecule has 0 aliphatic heterocycles. The standard InChI is InChI=1S/C18H18ClNO5/c1-10(2)25-16-14(19)8-12(9-15(16)24-3)17(21)20-13-6-4-11(5-7-13)18(22)23/h4-10H,1-3H3,(H,20,21)(H,22,23). The molecule has 1 amide bonds. The highest BCUT2D eigenvalue weighted by Crippen LogP contribution is 2.37. The molecule has 2 aromatic carbocycles. The van der Waals surface area contributed by atoms with Crippen molar-refractivity contribution >= 4 is 29.2 Å². The molecule has 0 unspecified atom stereocenters. The Morgan fingerprint density at radius 1 is 1.12 bits per heavy atom. The van der Waals surface area contributed by atoms with Gasteiger partial charge in [0.05, 0.1) is 23.8 Å². The van der Waals surface area contributed by atoms with E-state index in [0.717, 1.165) is 0 Å². The molecule has 0 spiro atoms. The maximum Gasteiger partial charge on any atom is 0.335 e. The van der Waals surface area contributed by atoms with Gasteiger partial charge in [0.15, 0.2) is 11.5 Å². The van der Waals surface area contributed by atoms with E-state index in [1.165, 1.54) is 43.5 Å². The number of amides is 1. The molecule has 0 fully saturated rings. The van der Waals surface area contributed by atoms with Crippen LogP contribution in [0.25, 0.3) is 0 Å². The zero-order valence-corrected chi connectivity index (χ0v) is 14.8. The van der Waals surface area contributed by atoms with Gasteiger partial charge >= 0.3 is 5.97 Å². The number of carboxylic acid groups (broad SMARTS) is 1. The molecule has 0 aliphatic carbocycles. The summed E-state index contributed by atoms with van der Waals surface area (Å²) in [7, 11) is 1.46. The minimum absolute atomic E-state index is 0.0983. The van der Waals surface area contributed by atoms with Crippen molar-refractivity contribution in [2.45, 2.75) is 20.0 Å². The highest BCUT2D eigenvalue weighted by molar-refractivity contribution is 6.32. The quantitative estimate of drug-likeness (QED) is 0.807. The Labute approximate surface area is 150 Å². The summed E-state index contributed by atoms with van der Waals surface area (Å²) in [4.78, 5) is 23.2. The number of carbonyl (C=O) groups is 2. The lowest BCUT2D eigenvalue weighted by Crippen LogP contribution is -2.13. The summed E-state index contributed by atoms with van der Waals surface area (Å²) in [6, 6.07) is 8.86. The SMILES string of the molecule is COc1cc(C(=O)Nc2ccc(C(=O)O)cc2)cc(Cl)c1OC(C)C. The normalized spacial score (nSPS) is 10.4. The third-order valence-corrected chi connectivity index (χ3v) is 3.52. The van der Waals surface area contributed by atoms with Gasteiger partial charge in [-0.1, -0.05) is 11.6 Å². The van der Waals surface area contributed by atoms with Crippen LogP contribution in [0.5, 0.6) is 11.5 Å². The molecule has 2 N–H and O–H groups in total. The second kappa shape index (κ2) is 7.90. The average molecular weight is 364 g/mol. The van der Waals surface area contributed by atoms with Gasteiger partial charge in [-0.25, -0.2) is 4.79 Å². The topological polar surface area (TPSA) is 84.9 Å². The van der Waals surface area contributed by atoms with Crippen LogP contribution >= 0.6 is 11.6 Å². The molecule has 2 rings (SSSR count). The molecule has 0 radical (unpaired) electrons. The first kappa shape index (κ1) is 18.6. The minimum Gasteiger partial charge on any atom is -0.493 e. The Morgan fingerprint density at radius 2 is 1.76 bits per heavy atom. The molecular formula is C18H18ClNO5. The van der Waals surface area contributed by atoms with Crippen LogP contribution in [-0.4, -0.2) is 30.2 Å². The highest BCUT2D eigenvalue weighted by Gasteiger charge is 2.17. The van der Waals surface area contributed by atoms with Gasteiger partial charge in [-0.15, -0.1) is 0 Å². The Balaban J connectivity index is 2.24. The monoisotopic (exact) mass is 363 g/mol. The number of rotatable bonds is 6. The van der Waals surface area contributed by atoms with Gasteiger partial charge in [-0.2, -0.15) is 0 Å². The second-order valence-corrected chi connectivity index (χ2v) is 5.90. The van der Waals surface area contributed by atoms with E-state index in [1.807, 2.05) is 13.8 Å². The highest BCUT2D eigenvalue weighted by atomic mass is 35.5. The Kier molecular flexibility index (Phi) is 5.88.